The number of aliphatic hydroxyl groups excluding tert-OH is 1. The van der Waals surface area contributed by atoms with Crippen LogP contribution < -0.4 is 0 Å². The van der Waals surface area contributed by atoms with E-state index < -0.39 is 6.10 Å². The number of aliphatic hydroxyl groups is 1. The Kier molecular flexibility index (Phi) is 4.58. The summed E-state index contributed by atoms with van der Waals surface area (Å²) in [6.45, 7) is 2.98. The Labute approximate surface area is 138 Å². The highest BCUT2D eigenvalue weighted by Crippen LogP contribution is 2.25. The standard InChI is InChI=1S/C15H18ClN5O2/c1-10(22)11-3-2-6-20(8-11)15(23)13-7-12(16)4-5-14(13)21-9-17-18-19-21/h4-5,7,9-11,22H,2-3,6,8H2,1H3. The third kappa shape index (κ3) is 3.35. The number of halogens is 1. The van der Waals surface area contributed by atoms with Gasteiger partial charge in [0.1, 0.15) is 6.33 Å². The topological polar surface area (TPSA) is 84.1 Å². The van der Waals surface area contributed by atoms with Crippen molar-refractivity contribution in [3.05, 3.63) is 35.1 Å². The van der Waals surface area contributed by atoms with Crippen molar-refractivity contribution < 1.29 is 9.90 Å². The number of tetrazole rings is 1. The van der Waals surface area contributed by atoms with Gasteiger partial charge in [-0.3, -0.25) is 4.79 Å². The lowest BCUT2D eigenvalue weighted by molar-refractivity contribution is 0.0466. The Bertz CT molecular complexity index is 689. The number of amides is 1. The monoisotopic (exact) mass is 335 g/mol. The van der Waals surface area contributed by atoms with Crippen LogP contribution in [0.5, 0.6) is 0 Å². The molecule has 0 saturated carbocycles. The van der Waals surface area contributed by atoms with Gasteiger partial charge in [-0.2, -0.15) is 4.68 Å². The summed E-state index contributed by atoms with van der Waals surface area (Å²) in [5.41, 5.74) is 1.04. The maximum absolute atomic E-state index is 12.9. The quantitative estimate of drug-likeness (QED) is 0.920. The number of carbonyl (C=O) groups excluding carboxylic acids is 1. The van der Waals surface area contributed by atoms with Gasteiger partial charge in [0.25, 0.3) is 5.91 Å². The number of benzene rings is 1. The fourth-order valence-electron chi connectivity index (χ4n) is 2.91. The predicted molar refractivity (Wildman–Crippen MR) is 84.5 cm³/mol. The molecule has 2 aromatic rings. The van der Waals surface area contributed by atoms with Crippen LogP contribution in [-0.4, -0.2) is 55.3 Å². The van der Waals surface area contributed by atoms with Gasteiger partial charge in [0, 0.05) is 24.0 Å². The fourth-order valence-corrected chi connectivity index (χ4v) is 3.08. The third-order valence-electron chi connectivity index (χ3n) is 4.21. The predicted octanol–water partition coefficient (Wildman–Crippen LogP) is 1.55. The Balaban J connectivity index is 1.91. The van der Waals surface area contributed by atoms with Crippen molar-refractivity contribution in [2.24, 2.45) is 5.92 Å². The molecule has 122 valence electrons. The van der Waals surface area contributed by atoms with Gasteiger partial charge in [0.05, 0.1) is 17.4 Å². The van der Waals surface area contributed by atoms with Gasteiger partial charge >= 0.3 is 0 Å². The summed E-state index contributed by atoms with van der Waals surface area (Å²) in [5, 5.41) is 21.4. The number of piperidine rings is 1. The lowest BCUT2D eigenvalue weighted by atomic mass is 9.93. The zero-order valence-electron chi connectivity index (χ0n) is 12.8. The second-order valence-corrected chi connectivity index (χ2v) is 6.25. The molecule has 1 aromatic heterocycles. The average molecular weight is 336 g/mol. The van der Waals surface area contributed by atoms with Crippen LogP contribution in [0.3, 0.4) is 0 Å². The van der Waals surface area contributed by atoms with Crippen LogP contribution in [0.1, 0.15) is 30.1 Å². The van der Waals surface area contributed by atoms with E-state index in [2.05, 4.69) is 15.5 Å². The van der Waals surface area contributed by atoms with E-state index in [0.29, 0.717) is 29.4 Å². The van der Waals surface area contributed by atoms with Gasteiger partial charge in [-0.1, -0.05) is 11.6 Å². The molecule has 7 nitrogen and oxygen atoms in total. The van der Waals surface area contributed by atoms with Crippen LogP contribution in [-0.2, 0) is 0 Å². The first-order valence-corrected chi connectivity index (χ1v) is 7.94. The van der Waals surface area contributed by atoms with Crippen molar-refractivity contribution in [1.29, 1.82) is 0 Å². The Morgan fingerprint density at radius 3 is 3.00 bits per heavy atom. The molecule has 2 heterocycles. The minimum atomic E-state index is -0.427. The molecule has 1 amide bonds. The van der Waals surface area contributed by atoms with Crippen LogP contribution in [0.25, 0.3) is 5.69 Å². The van der Waals surface area contributed by atoms with Crippen LogP contribution >= 0.6 is 11.6 Å². The molecule has 2 atom stereocenters. The van der Waals surface area contributed by atoms with Crippen molar-refractivity contribution >= 4 is 17.5 Å². The number of carbonyl (C=O) groups is 1. The van der Waals surface area contributed by atoms with Crippen molar-refractivity contribution in [2.75, 3.05) is 13.1 Å². The highest BCUT2D eigenvalue weighted by atomic mass is 35.5. The summed E-state index contributed by atoms with van der Waals surface area (Å²) in [7, 11) is 0. The first kappa shape index (κ1) is 15.9. The molecule has 1 fully saturated rings. The van der Waals surface area contributed by atoms with E-state index in [0.717, 1.165) is 12.8 Å². The summed E-state index contributed by atoms with van der Waals surface area (Å²) in [6.07, 6.45) is 2.82. The van der Waals surface area contributed by atoms with Crippen molar-refractivity contribution in [2.45, 2.75) is 25.9 Å². The van der Waals surface area contributed by atoms with E-state index in [-0.39, 0.29) is 11.8 Å². The van der Waals surface area contributed by atoms with Crippen LogP contribution in [0.15, 0.2) is 24.5 Å². The van der Waals surface area contributed by atoms with Crippen LogP contribution in [0.4, 0.5) is 0 Å². The van der Waals surface area contributed by atoms with E-state index in [4.69, 9.17) is 11.6 Å². The lowest BCUT2D eigenvalue weighted by Gasteiger charge is -2.34. The molecule has 3 rings (SSSR count). The summed E-state index contributed by atoms with van der Waals surface area (Å²) in [4.78, 5) is 14.7. The first-order chi connectivity index (χ1) is 11.1. The molecule has 1 N–H and O–H groups in total. The van der Waals surface area contributed by atoms with E-state index >= 15 is 0 Å². The Morgan fingerprint density at radius 2 is 2.30 bits per heavy atom. The average Bonchev–Trinajstić information content (AvgIpc) is 3.08. The van der Waals surface area contributed by atoms with E-state index in [1.165, 1.54) is 11.0 Å². The van der Waals surface area contributed by atoms with Gasteiger partial charge in [-0.25, -0.2) is 0 Å². The first-order valence-electron chi connectivity index (χ1n) is 7.56. The normalized spacial score (nSPS) is 19.6. The van der Waals surface area contributed by atoms with Gasteiger partial charge in [0.15, 0.2) is 0 Å². The second kappa shape index (κ2) is 6.64. The molecule has 1 aromatic carbocycles. The molecule has 1 saturated heterocycles. The second-order valence-electron chi connectivity index (χ2n) is 5.81. The van der Waals surface area contributed by atoms with Gasteiger partial charge in [-0.05, 0) is 48.4 Å². The third-order valence-corrected chi connectivity index (χ3v) is 4.45. The molecule has 8 heteroatoms. The highest BCUT2D eigenvalue weighted by Gasteiger charge is 2.28. The summed E-state index contributed by atoms with van der Waals surface area (Å²) in [5.74, 6) is -0.0216. The van der Waals surface area contributed by atoms with E-state index in [9.17, 15) is 9.90 Å². The maximum atomic E-state index is 12.9. The molecule has 0 radical (unpaired) electrons. The number of likely N-dealkylation sites (tertiary alicyclic amines) is 1. The number of nitrogens with zero attached hydrogens (tertiary/aromatic N) is 5. The SMILES string of the molecule is CC(O)C1CCCN(C(=O)c2cc(Cl)ccc2-n2cnnn2)C1. The maximum Gasteiger partial charge on any atom is 0.256 e. The Morgan fingerprint density at radius 1 is 1.48 bits per heavy atom. The van der Waals surface area contributed by atoms with Crippen molar-refractivity contribution in [3.8, 4) is 5.69 Å². The molecule has 23 heavy (non-hydrogen) atoms. The van der Waals surface area contributed by atoms with Gasteiger partial charge in [0.2, 0.25) is 0 Å². The van der Waals surface area contributed by atoms with Crippen molar-refractivity contribution in [3.63, 3.8) is 0 Å². The van der Waals surface area contributed by atoms with Gasteiger partial charge in [-0.15, -0.1) is 5.10 Å². The highest BCUT2D eigenvalue weighted by molar-refractivity contribution is 6.31. The molecule has 1 aliphatic rings. The zero-order valence-corrected chi connectivity index (χ0v) is 13.5. The van der Waals surface area contributed by atoms with Gasteiger partial charge < -0.3 is 10.0 Å². The minimum Gasteiger partial charge on any atom is -0.393 e. The van der Waals surface area contributed by atoms with E-state index in [1.807, 2.05) is 0 Å². The molecule has 0 aliphatic carbocycles. The number of hydrogen-bond donors (Lipinski definition) is 1. The lowest BCUT2D eigenvalue weighted by Crippen LogP contribution is -2.43. The number of rotatable bonds is 3. The van der Waals surface area contributed by atoms with Crippen LogP contribution in [0.2, 0.25) is 5.02 Å². The van der Waals surface area contributed by atoms with Crippen molar-refractivity contribution in [1.82, 2.24) is 25.1 Å². The molecule has 0 spiro atoms. The minimum absolute atomic E-state index is 0.100. The molecule has 0 bridgehead atoms. The zero-order chi connectivity index (χ0) is 16.4. The van der Waals surface area contributed by atoms with Crippen LogP contribution in [0, 0.1) is 5.92 Å². The number of hydrogen-bond acceptors (Lipinski definition) is 5. The number of aromatic nitrogens is 4. The molecule has 2 unspecified atom stereocenters. The molecular formula is C15H18ClN5O2. The molecule has 1 aliphatic heterocycles. The molecular weight excluding hydrogens is 318 g/mol. The summed E-state index contributed by atoms with van der Waals surface area (Å²) < 4.78 is 1.44. The smallest absolute Gasteiger partial charge is 0.256 e. The summed E-state index contributed by atoms with van der Waals surface area (Å²) in [6, 6.07) is 5.05. The largest absolute Gasteiger partial charge is 0.393 e. The Hall–Kier alpha value is -1.99. The summed E-state index contributed by atoms with van der Waals surface area (Å²) >= 11 is 6.07. The fraction of sp³-hybridized carbons (Fsp3) is 0.467. The van der Waals surface area contributed by atoms with E-state index in [1.54, 1.807) is 30.0 Å².